The van der Waals surface area contributed by atoms with Gasteiger partial charge in [-0.1, -0.05) is 6.07 Å². The van der Waals surface area contributed by atoms with E-state index in [2.05, 4.69) is 5.32 Å². The van der Waals surface area contributed by atoms with Crippen LogP contribution >= 0.6 is 0 Å². The van der Waals surface area contributed by atoms with Gasteiger partial charge in [-0.3, -0.25) is 4.79 Å². The van der Waals surface area contributed by atoms with Crippen LogP contribution in [0.2, 0.25) is 0 Å². The van der Waals surface area contributed by atoms with E-state index in [0.717, 1.165) is 0 Å². The fourth-order valence-corrected chi connectivity index (χ4v) is 1.14. The molecular weight excluding hydrogens is 236 g/mol. The molecule has 6 heteroatoms. The smallest absolute Gasteiger partial charge is 0.332 e. The van der Waals surface area contributed by atoms with Gasteiger partial charge in [0.15, 0.2) is 6.10 Å². The Kier molecular flexibility index (Phi) is 4.84. The summed E-state index contributed by atoms with van der Waals surface area (Å²) < 4.78 is 4.82. The van der Waals surface area contributed by atoms with Gasteiger partial charge in [0.05, 0.1) is 11.6 Å². The average molecular weight is 248 g/mol. The Morgan fingerprint density at radius 2 is 2.28 bits per heavy atom. The lowest BCUT2D eigenvalue weighted by Crippen LogP contribution is -2.26. The van der Waals surface area contributed by atoms with Crippen molar-refractivity contribution in [3.63, 3.8) is 0 Å². The summed E-state index contributed by atoms with van der Waals surface area (Å²) in [6.07, 6.45) is -1.04. The molecule has 1 atom stereocenters. The van der Waals surface area contributed by atoms with Gasteiger partial charge in [0, 0.05) is 5.69 Å². The first kappa shape index (κ1) is 13.7. The Balaban J connectivity index is 2.50. The second-order valence-corrected chi connectivity index (χ2v) is 3.53. The number of ether oxygens (including phenoxy) is 1. The van der Waals surface area contributed by atoms with Crippen molar-refractivity contribution in [1.82, 2.24) is 0 Å². The minimum atomic E-state index is -1.13. The number of carbonyl (C=O) groups excluding carboxylic acids is 1. The van der Waals surface area contributed by atoms with E-state index in [0.29, 0.717) is 11.3 Å². The van der Waals surface area contributed by atoms with Gasteiger partial charge >= 0.3 is 5.97 Å². The molecule has 0 spiro atoms. The fourth-order valence-electron chi connectivity index (χ4n) is 1.14. The van der Waals surface area contributed by atoms with E-state index in [1.807, 2.05) is 6.07 Å². The molecular formula is C12H12N2O4. The molecule has 2 N–H and O–H groups in total. The molecule has 1 rings (SSSR count). The number of carboxylic acid groups (broad SMARTS) is 1. The van der Waals surface area contributed by atoms with Gasteiger partial charge < -0.3 is 15.2 Å². The molecule has 18 heavy (non-hydrogen) atoms. The Labute approximate surface area is 104 Å². The third kappa shape index (κ3) is 4.23. The third-order valence-corrected chi connectivity index (χ3v) is 2.09. The predicted octanol–water partition coefficient (Wildman–Crippen LogP) is 0.986. The lowest BCUT2D eigenvalue weighted by Gasteiger charge is -2.09. The topological polar surface area (TPSA) is 99.4 Å². The summed E-state index contributed by atoms with van der Waals surface area (Å²) in [5.74, 6) is -1.60. The molecule has 0 aliphatic rings. The number of aliphatic carboxylic acids is 1. The van der Waals surface area contributed by atoms with E-state index in [1.165, 1.54) is 13.0 Å². The van der Waals surface area contributed by atoms with Gasteiger partial charge in [-0.2, -0.15) is 5.26 Å². The van der Waals surface area contributed by atoms with Crippen LogP contribution in [0.5, 0.6) is 0 Å². The number of hydrogen-bond donors (Lipinski definition) is 2. The average Bonchev–Trinajstić information content (AvgIpc) is 2.36. The number of carbonyl (C=O) groups is 2. The summed E-state index contributed by atoms with van der Waals surface area (Å²) >= 11 is 0. The number of hydrogen-bond acceptors (Lipinski definition) is 4. The van der Waals surface area contributed by atoms with Crippen LogP contribution in [-0.2, 0) is 14.3 Å². The number of rotatable bonds is 5. The Bertz CT molecular complexity index is 493. The monoisotopic (exact) mass is 248 g/mol. The molecule has 0 aromatic heterocycles. The first-order valence-electron chi connectivity index (χ1n) is 5.17. The Hall–Kier alpha value is -2.39. The second kappa shape index (κ2) is 6.37. The number of carboxylic acids is 1. The van der Waals surface area contributed by atoms with Crippen molar-refractivity contribution < 1.29 is 19.4 Å². The van der Waals surface area contributed by atoms with E-state index in [9.17, 15) is 9.59 Å². The van der Waals surface area contributed by atoms with Gasteiger partial charge in [-0.25, -0.2) is 4.79 Å². The van der Waals surface area contributed by atoms with Crippen LogP contribution in [0.25, 0.3) is 0 Å². The zero-order chi connectivity index (χ0) is 13.5. The quantitative estimate of drug-likeness (QED) is 0.809. The minimum absolute atomic E-state index is 0.357. The first-order chi connectivity index (χ1) is 8.52. The summed E-state index contributed by atoms with van der Waals surface area (Å²) in [6, 6.07) is 8.33. The highest BCUT2D eigenvalue weighted by molar-refractivity contribution is 5.92. The van der Waals surface area contributed by atoms with E-state index >= 15 is 0 Å². The molecule has 1 unspecified atom stereocenters. The van der Waals surface area contributed by atoms with Crippen LogP contribution in [0.3, 0.4) is 0 Å². The normalized spacial score (nSPS) is 11.3. The van der Waals surface area contributed by atoms with Crippen LogP contribution in [0, 0.1) is 11.3 Å². The summed E-state index contributed by atoms with van der Waals surface area (Å²) in [5.41, 5.74) is 0.887. The van der Waals surface area contributed by atoms with Crippen molar-refractivity contribution in [2.75, 3.05) is 11.9 Å². The molecule has 1 amide bonds. The van der Waals surface area contributed by atoms with Crippen molar-refractivity contribution in [1.29, 1.82) is 5.26 Å². The standard InChI is InChI=1S/C12H12N2O4/c1-8(12(16)17)18-7-11(15)14-10-4-2-3-9(5-10)6-13/h2-5,8H,7H2,1H3,(H,14,15)(H,16,17). The van der Waals surface area contributed by atoms with Crippen LogP contribution in [0.4, 0.5) is 5.69 Å². The molecule has 0 saturated heterocycles. The van der Waals surface area contributed by atoms with Crippen LogP contribution < -0.4 is 5.32 Å². The number of nitrogens with zero attached hydrogens (tertiary/aromatic N) is 1. The summed E-state index contributed by atoms with van der Waals surface area (Å²) in [6.45, 7) is 0.982. The lowest BCUT2D eigenvalue weighted by atomic mass is 10.2. The third-order valence-electron chi connectivity index (χ3n) is 2.09. The molecule has 94 valence electrons. The molecule has 0 fully saturated rings. The highest BCUT2D eigenvalue weighted by Gasteiger charge is 2.13. The highest BCUT2D eigenvalue weighted by Crippen LogP contribution is 2.09. The van der Waals surface area contributed by atoms with Gasteiger partial charge in [0.1, 0.15) is 6.61 Å². The van der Waals surface area contributed by atoms with E-state index in [4.69, 9.17) is 15.1 Å². The van der Waals surface area contributed by atoms with Crippen LogP contribution in [0.15, 0.2) is 24.3 Å². The maximum absolute atomic E-state index is 11.4. The van der Waals surface area contributed by atoms with Gasteiger partial charge in [0.2, 0.25) is 5.91 Å². The van der Waals surface area contributed by atoms with Gasteiger partial charge in [-0.05, 0) is 25.1 Å². The minimum Gasteiger partial charge on any atom is -0.479 e. The Morgan fingerprint density at radius 3 is 2.89 bits per heavy atom. The molecule has 1 aromatic rings. The molecule has 0 radical (unpaired) electrons. The molecule has 0 aliphatic carbocycles. The molecule has 1 aromatic carbocycles. The van der Waals surface area contributed by atoms with E-state index in [-0.39, 0.29) is 6.61 Å². The van der Waals surface area contributed by atoms with Crippen LogP contribution in [-0.4, -0.2) is 29.7 Å². The summed E-state index contributed by atoms with van der Waals surface area (Å²) in [4.78, 5) is 21.9. The predicted molar refractivity (Wildman–Crippen MR) is 62.8 cm³/mol. The molecule has 0 aliphatic heterocycles. The maximum Gasteiger partial charge on any atom is 0.332 e. The lowest BCUT2D eigenvalue weighted by molar-refractivity contribution is -0.150. The maximum atomic E-state index is 11.4. The van der Waals surface area contributed by atoms with Crippen molar-refractivity contribution >= 4 is 17.6 Å². The second-order valence-electron chi connectivity index (χ2n) is 3.53. The van der Waals surface area contributed by atoms with Gasteiger partial charge in [-0.15, -0.1) is 0 Å². The summed E-state index contributed by atoms with van der Waals surface area (Å²) in [5, 5.41) is 19.7. The highest BCUT2D eigenvalue weighted by atomic mass is 16.5. The van der Waals surface area contributed by atoms with Crippen molar-refractivity contribution in [2.24, 2.45) is 0 Å². The van der Waals surface area contributed by atoms with Crippen LogP contribution in [0.1, 0.15) is 12.5 Å². The summed E-state index contributed by atoms with van der Waals surface area (Å²) in [7, 11) is 0. The van der Waals surface area contributed by atoms with Crippen molar-refractivity contribution in [3.8, 4) is 6.07 Å². The van der Waals surface area contributed by atoms with Crippen molar-refractivity contribution in [3.05, 3.63) is 29.8 Å². The largest absolute Gasteiger partial charge is 0.479 e. The number of nitriles is 1. The fraction of sp³-hybridized carbons (Fsp3) is 0.250. The number of benzene rings is 1. The molecule has 0 heterocycles. The molecule has 0 saturated carbocycles. The van der Waals surface area contributed by atoms with E-state index < -0.39 is 18.0 Å². The van der Waals surface area contributed by atoms with E-state index in [1.54, 1.807) is 18.2 Å². The first-order valence-corrected chi connectivity index (χ1v) is 5.17. The van der Waals surface area contributed by atoms with Gasteiger partial charge in [0.25, 0.3) is 0 Å². The SMILES string of the molecule is CC(OCC(=O)Nc1cccc(C#N)c1)C(=O)O. The zero-order valence-electron chi connectivity index (χ0n) is 9.71. The molecule has 0 bridgehead atoms. The Morgan fingerprint density at radius 1 is 1.56 bits per heavy atom. The number of anilines is 1. The number of nitrogens with one attached hydrogen (secondary N) is 1. The zero-order valence-corrected chi connectivity index (χ0v) is 9.71. The molecule has 6 nitrogen and oxygen atoms in total. The number of amides is 1. The van der Waals surface area contributed by atoms with Crippen molar-refractivity contribution in [2.45, 2.75) is 13.0 Å².